The second-order valence-corrected chi connectivity index (χ2v) is 6.84. The van der Waals surface area contributed by atoms with Crippen LogP contribution in [0.15, 0.2) is 6.07 Å². The topological polar surface area (TPSA) is 26.0 Å². The van der Waals surface area contributed by atoms with E-state index in [2.05, 4.69) is 19.9 Å². The molecule has 0 saturated heterocycles. The van der Waals surface area contributed by atoms with Gasteiger partial charge in [0.25, 0.3) is 0 Å². The molecule has 0 amide bonds. The van der Waals surface area contributed by atoms with Crippen molar-refractivity contribution in [3.8, 4) is 0 Å². The van der Waals surface area contributed by atoms with Gasteiger partial charge in [0.1, 0.15) is 0 Å². The fraction of sp³-hybridized carbons (Fsp3) is 0.692. The molecule has 1 aromatic rings. The minimum atomic E-state index is 0.198. The van der Waals surface area contributed by atoms with E-state index in [9.17, 15) is 0 Å². The first-order chi connectivity index (χ1) is 7.58. The number of aryl methyl sites for hydroxylation is 1. The molecule has 1 unspecified atom stereocenters. The monoisotopic (exact) mass is 257 g/mol. The average Bonchev–Trinajstić information content (AvgIpc) is 2.59. The standard InChI is InChI=1S/C13H20ClNS/c1-8-3-5-10(6-4-8)12(15)11-7-9(2)13(14)16-11/h7-8,10,12H,3-6,15H2,1-2H3. The Morgan fingerprint density at radius 1 is 1.38 bits per heavy atom. The van der Waals surface area contributed by atoms with Crippen molar-refractivity contribution in [3.05, 3.63) is 20.8 Å². The Kier molecular flexibility index (Phi) is 3.93. The number of thiophene rings is 1. The van der Waals surface area contributed by atoms with Crippen molar-refractivity contribution in [2.75, 3.05) is 0 Å². The third-order valence-corrected chi connectivity index (χ3v) is 5.43. The molecular formula is C13H20ClNS. The van der Waals surface area contributed by atoms with Crippen LogP contribution in [0.25, 0.3) is 0 Å². The van der Waals surface area contributed by atoms with Crippen LogP contribution in [0.2, 0.25) is 4.34 Å². The van der Waals surface area contributed by atoms with Gasteiger partial charge in [-0.2, -0.15) is 0 Å². The quantitative estimate of drug-likeness (QED) is 0.827. The highest BCUT2D eigenvalue weighted by Gasteiger charge is 2.25. The van der Waals surface area contributed by atoms with Gasteiger partial charge >= 0.3 is 0 Å². The van der Waals surface area contributed by atoms with E-state index < -0.39 is 0 Å². The lowest BCUT2D eigenvalue weighted by Crippen LogP contribution is -2.24. The van der Waals surface area contributed by atoms with Crippen LogP contribution in [-0.4, -0.2) is 0 Å². The predicted octanol–water partition coefficient (Wildman–Crippen LogP) is 4.54. The zero-order chi connectivity index (χ0) is 11.7. The Bertz CT molecular complexity index is 333. The summed E-state index contributed by atoms with van der Waals surface area (Å²) in [5.41, 5.74) is 7.52. The SMILES string of the molecule is Cc1cc(C(N)C2CCC(C)CC2)sc1Cl. The highest BCUT2D eigenvalue weighted by atomic mass is 35.5. The second-order valence-electron chi connectivity index (χ2n) is 5.15. The Labute approximate surface area is 107 Å². The summed E-state index contributed by atoms with van der Waals surface area (Å²) in [5, 5.41) is 0. The molecule has 0 radical (unpaired) electrons. The molecule has 0 aromatic carbocycles. The van der Waals surface area contributed by atoms with Crippen molar-refractivity contribution in [3.63, 3.8) is 0 Å². The molecule has 2 rings (SSSR count). The van der Waals surface area contributed by atoms with Gasteiger partial charge in [-0.3, -0.25) is 0 Å². The Morgan fingerprint density at radius 2 is 2.00 bits per heavy atom. The molecule has 1 fully saturated rings. The van der Waals surface area contributed by atoms with Gasteiger partial charge in [-0.15, -0.1) is 11.3 Å². The molecule has 1 aromatic heterocycles. The molecule has 1 nitrogen and oxygen atoms in total. The smallest absolute Gasteiger partial charge is 0.0960 e. The van der Waals surface area contributed by atoms with Crippen LogP contribution in [0.1, 0.15) is 49.1 Å². The highest BCUT2D eigenvalue weighted by molar-refractivity contribution is 7.16. The first-order valence-corrected chi connectivity index (χ1v) is 7.28. The fourth-order valence-corrected chi connectivity index (χ4v) is 3.84. The van der Waals surface area contributed by atoms with Gasteiger partial charge in [0.05, 0.1) is 4.34 Å². The van der Waals surface area contributed by atoms with Crippen molar-refractivity contribution in [2.45, 2.75) is 45.6 Å². The van der Waals surface area contributed by atoms with Crippen molar-refractivity contribution in [2.24, 2.45) is 17.6 Å². The van der Waals surface area contributed by atoms with Crippen LogP contribution in [0.3, 0.4) is 0 Å². The summed E-state index contributed by atoms with van der Waals surface area (Å²) >= 11 is 7.76. The third-order valence-electron chi connectivity index (χ3n) is 3.77. The van der Waals surface area contributed by atoms with Crippen LogP contribution < -0.4 is 5.73 Å². The molecule has 1 aliphatic rings. The van der Waals surface area contributed by atoms with Crippen molar-refractivity contribution >= 4 is 22.9 Å². The van der Waals surface area contributed by atoms with E-state index in [-0.39, 0.29) is 6.04 Å². The number of hydrogen-bond donors (Lipinski definition) is 1. The van der Waals surface area contributed by atoms with Gasteiger partial charge in [-0.1, -0.05) is 31.4 Å². The molecule has 1 heterocycles. The summed E-state index contributed by atoms with van der Waals surface area (Å²) in [6.07, 6.45) is 5.21. The van der Waals surface area contributed by atoms with Crippen LogP contribution in [0.5, 0.6) is 0 Å². The van der Waals surface area contributed by atoms with E-state index in [1.54, 1.807) is 11.3 Å². The van der Waals surface area contributed by atoms with E-state index in [4.69, 9.17) is 17.3 Å². The minimum Gasteiger partial charge on any atom is -0.323 e. The lowest BCUT2D eigenvalue weighted by Gasteiger charge is -2.30. The van der Waals surface area contributed by atoms with Gasteiger partial charge in [-0.25, -0.2) is 0 Å². The van der Waals surface area contributed by atoms with Crippen LogP contribution in [0, 0.1) is 18.8 Å². The Balaban J connectivity index is 2.04. The molecule has 0 spiro atoms. The molecule has 90 valence electrons. The van der Waals surface area contributed by atoms with E-state index in [0.29, 0.717) is 5.92 Å². The summed E-state index contributed by atoms with van der Waals surface area (Å²) in [6.45, 7) is 4.39. The summed E-state index contributed by atoms with van der Waals surface area (Å²) < 4.78 is 0.898. The number of rotatable bonds is 2. The molecule has 1 atom stereocenters. The maximum absolute atomic E-state index is 6.35. The largest absolute Gasteiger partial charge is 0.323 e. The van der Waals surface area contributed by atoms with Crippen molar-refractivity contribution in [1.82, 2.24) is 0 Å². The first kappa shape index (κ1) is 12.4. The van der Waals surface area contributed by atoms with Gasteiger partial charge in [0, 0.05) is 10.9 Å². The highest BCUT2D eigenvalue weighted by Crippen LogP contribution is 2.39. The molecule has 16 heavy (non-hydrogen) atoms. The summed E-state index contributed by atoms with van der Waals surface area (Å²) in [5.74, 6) is 1.54. The normalized spacial score (nSPS) is 28.0. The average molecular weight is 258 g/mol. The van der Waals surface area contributed by atoms with Crippen molar-refractivity contribution in [1.29, 1.82) is 0 Å². The Hall–Kier alpha value is -0.0500. The fourth-order valence-electron chi connectivity index (χ4n) is 2.53. The molecule has 1 saturated carbocycles. The van der Waals surface area contributed by atoms with E-state index in [0.717, 1.165) is 10.3 Å². The number of halogens is 1. The van der Waals surface area contributed by atoms with Gasteiger partial charge in [0.2, 0.25) is 0 Å². The number of hydrogen-bond acceptors (Lipinski definition) is 2. The third kappa shape index (κ3) is 2.61. The van der Waals surface area contributed by atoms with Gasteiger partial charge in [-0.05, 0) is 43.2 Å². The molecule has 2 N–H and O–H groups in total. The summed E-state index contributed by atoms with van der Waals surface area (Å²) in [4.78, 5) is 1.27. The molecule has 1 aliphatic carbocycles. The van der Waals surface area contributed by atoms with E-state index in [1.807, 2.05) is 0 Å². The zero-order valence-corrected chi connectivity index (χ0v) is 11.6. The second kappa shape index (κ2) is 5.07. The molecule has 0 bridgehead atoms. The molecule has 0 aliphatic heterocycles. The van der Waals surface area contributed by atoms with E-state index >= 15 is 0 Å². The van der Waals surface area contributed by atoms with Crippen molar-refractivity contribution < 1.29 is 0 Å². The number of nitrogens with two attached hydrogens (primary N) is 1. The minimum absolute atomic E-state index is 0.198. The van der Waals surface area contributed by atoms with Gasteiger partial charge < -0.3 is 5.73 Å². The maximum Gasteiger partial charge on any atom is 0.0960 e. The maximum atomic E-state index is 6.35. The first-order valence-electron chi connectivity index (χ1n) is 6.09. The summed E-state index contributed by atoms with van der Waals surface area (Å²) in [7, 11) is 0. The van der Waals surface area contributed by atoms with Crippen LogP contribution >= 0.6 is 22.9 Å². The van der Waals surface area contributed by atoms with Crippen LogP contribution in [-0.2, 0) is 0 Å². The van der Waals surface area contributed by atoms with Gasteiger partial charge in [0.15, 0.2) is 0 Å². The lowest BCUT2D eigenvalue weighted by molar-refractivity contribution is 0.258. The predicted molar refractivity (Wildman–Crippen MR) is 72.1 cm³/mol. The van der Waals surface area contributed by atoms with Crippen LogP contribution in [0.4, 0.5) is 0 Å². The Morgan fingerprint density at radius 3 is 2.50 bits per heavy atom. The zero-order valence-electron chi connectivity index (χ0n) is 10.0. The van der Waals surface area contributed by atoms with E-state index in [1.165, 1.54) is 36.1 Å². The molecule has 3 heteroatoms. The summed E-state index contributed by atoms with van der Waals surface area (Å²) in [6, 6.07) is 2.36. The molecular weight excluding hydrogens is 238 g/mol. The lowest BCUT2D eigenvalue weighted by atomic mass is 9.79.